The Morgan fingerprint density at radius 2 is 1.88 bits per heavy atom. The molecule has 0 spiro atoms. The van der Waals surface area contributed by atoms with Gasteiger partial charge in [0.15, 0.2) is 0 Å². The van der Waals surface area contributed by atoms with Gasteiger partial charge in [0.2, 0.25) is 5.91 Å². The molecule has 0 aromatic carbocycles. The van der Waals surface area contributed by atoms with Gasteiger partial charge >= 0.3 is 0 Å². The van der Waals surface area contributed by atoms with Gasteiger partial charge in [-0.2, -0.15) is 0 Å². The third kappa shape index (κ3) is 2.11. The Labute approximate surface area is 102 Å². The van der Waals surface area contributed by atoms with Crippen molar-refractivity contribution in [2.24, 2.45) is 17.6 Å². The van der Waals surface area contributed by atoms with E-state index in [1.54, 1.807) is 0 Å². The van der Waals surface area contributed by atoms with Gasteiger partial charge < -0.3 is 16.0 Å². The molecule has 2 aliphatic heterocycles. The van der Waals surface area contributed by atoms with Crippen LogP contribution in [0.25, 0.3) is 0 Å². The van der Waals surface area contributed by atoms with Crippen molar-refractivity contribution in [1.82, 2.24) is 10.2 Å². The minimum atomic E-state index is -0.0295. The van der Waals surface area contributed by atoms with Crippen molar-refractivity contribution in [2.75, 3.05) is 19.6 Å². The molecule has 4 atom stereocenters. The largest absolute Gasteiger partial charge is 0.341 e. The SMILES string of the molecule is N[C@H]1CN[C@H](C(=O)N2C[C@H]3CC=CC[C@H]3C2)C1. The van der Waals surface area contributed by atoms with Crippen LogP contribution in [0.1, 0.15) is 19.3 Å². The molecular weight excluding hydrogens is 214 g/mol. The monoisotopic (exact) mass is 235 g/mol. The lowest BCUT2D eigenvalue weighted by atomic mass is 9.86. The molecule has 0 unspecified atom stereocenters. The molecule has 0 saturated carbocycles. The lowest BCUT2D eigenvalue weighted by Crippen LogP contribution is -2.42. The van der Waals surface area contributed by atoms with Crippen molar-refractivity contribution in [1.29, 1.82) is 0 Å². The van der Waals surface area contributed by atoms with E-state index >= 15 is 0 Å². The maximum absolute atomic E-state index is 12.3. The summed E-state index contributed by atoms with van der Waals surface area (Å²) in [6.07, 6.45) is 7.61. The first-order valence-electron chi connectivity index (χ1n) is 6.67. The number of carbonyl (C=O) groups is 1. The summed E-state index contributed by atoms with van der Waals surface area (Å²) in [5.41, 5.74) is 5.84. The van der Waals surface area contributed by atoms with Gasteiger partial charge in [0.1, 0.15) is 0 Å². The zero-order valence-electron chi connectivity index (χ0n) is 10.1. The van der Waals surface area contributed by atoms with Crippen LogP contribution in [0, 0.1) is 11.8 Å². The quantitative estimate of drug-likeness (QED) is 0.634. The highest BCUT2D eigenvalue weighted by Crippen LogP contribution is 2.33. The first kappa shape index (κ1) is 11.2. The highest BCUT2D eigenvalue weighted by molar-refractivity contribution is 5.82. The van der Waals surface area contributed by atoms with Gasteiger partial charge in [-0.15, -0.1) is 0 Å². The number of likely N-dealkylation sites (tertiary alicyclic amines) is 1. The predicted molar refractivity (Wildman–Crippen MR) is 66.3 cm³/mol. The normalized spacial score (nSPS) is 40.6. The molecule has 0 radical (unpaired) electrons. The highest BCUT2D eigenvalue weighted by atomic mass is 16.2. The number of nitrogens with two attached hydrogens (primary N) is 1. The number of hydrogen-bond donors (Lipinski definition) is 2. The van der Waals surface area contributed by atoms with E-state index in [1.165, 1.54) is 0 Å². The maximum atomic E-state index is 12.3. The molecule has 2 saturated heterocycles. The molecule has 2 heterocycles. The Balaban J connectivity index is 1.61. The maximum Gasteiger partial charge on any atom is 0.239 e. The van der Waals surface area contributed by atoms with E-state index in [2.05, 4.69) is 22.4 Å². The standard InChI is InChI=1S/C13H21N3O/c14-11-5-12(15-6-11)13(17)16-7-9-3-1-2-4-10(9)8-16/h1-2,9-12,15H,3-8,14H2/t9-,10+,11-,12+/m1/s1. The molecule has 4 heteroatoms. The van der Waals surface area contributed by atoms with Crippen LogP contribution < -0.4 is 11.1 Å². The number of nitrogens with one attached hydrogen (secondary N) is 1. The molecule has 94 valence electrons. The summed E-state index contributed by atoms with van der Waals surface area (Å²) in [6, 6.07) is 0.119. The molecule has 17 heavy (non-hydrogen) atoms. The number of rotatable bonds is 1. The second-order valence-corrected chi connectivity index (χ2v) is 5.66. The number of amides is 1. The van der Waals surface area contributed by atoms with Gasteiger partial charge in [-0.25, -0.2) is 0 Å². The second kappa shape index (κ2) is 4.42. The van der Waals surface area contributed by atoms with Crippen LogP contribution in [-0.2, 0) is 4.79 Å². The van der Waals surface area contributed by atoms with Gasteiger partial charge in [0, 0.05) is 25.7 Å². The molecule has 3 aliphatic rings. The van der Waals surface area contributed by atoms with E-state index in [1.807, 2.05) is 0 Å². The summed E-state index contributed by atoms with van der Waals surface area (Å²) < 4.78 is 0. The second-order valence-electron chi connectivity index (χ2n) is 5.66. The molecule has 4 nitrogen and oxygen atoms in total. The molecule has 0 aromatic heterocycles. The number of carbonyl (C=O) groups excluding carboxylic acids is 1. The molecular formula is C13H21N3O. The first-order valence-corrected chi connectivity index (χ1v) is 6.67. The van der Waals surface area contributed by atoms with Crippen molar-refractivity contribution in [3.63, 3.8) is 0 Å². The zero-order chi connectivity index (χ0) is 11.8. The summed E-state index contributed by atoms with van der Waals surface area (Å²) >= 11 is 0. The Hall–Kier alpha value is -0.870. The molecule has 0 bridgehead atoms. The van der Waals surface area contributed by atoms with E-state index in [0.29, 0.717) is 11.8 Å². The molecule has 1 aliphatic carbocycles. The van der Waals surface area contributed by atoms with Crippen LogP contribution >= 0.6 is 0 Å². The minimum Gasteiger partial charge on any atom is -0.341 e. The smallest absolute Gasteiger partial charge is 0.239 e. The average molecular weight is 235 g/mol. The molecule has 2 fully saturated rings. The van der Waals surface area contributed by atoms with Crippen molar-refractivity contribution < 1.29 is 4.79 Å². The summed E-state index contributed by atoms with van der Waals surface area (Å²) in [5, 5.41) is 3.23. The molecule has 3 rings (SSSR count). The van der Waals surface area contributed by atoms with E-state index in [4.69, 9.17) is 5.73 Å². The van der Waals surface area contributed by atoms with Crippen LogP contribution in [0.5, 0.6) is 0 Å². The van der Waals surface area contributed by atoms with Crippen molar-refractivity contribution in [2.45, 2.75) is 31.3 Å². The summed E-state index contributed by atoms with van der Waals surface area (Å²) in [7, 11) is 0. The van der Waals surface area contributed by atoms with Crippen molar-refractivity contribution in [3.8, 4) is 0 Å². The van der Waals surface area contributed by atoms with Gasteiger partial charge in [-0.1, -0.05) is 12.2 Å². The van der Waals surface area contributed by atoms with E-state index < -0.39 is 0 Å². The number of nitrogens with zero attached hydrogens (tertiary/aromatic N) is 1. The van der Waals surface area contributed by atoms with Crippen LogP contribution in [0.3, 0.4) is 0 Å². The van der Waals surface area contributed by atoms with Crippen LogP contribution in [-0.4, -0.2) is 42.5 Å². The summed E-state index contributed by atoms with van der Waals surface area (Å²) in [6.45, 7) is 2.67. The molecule has 1 amide bonds. The van der Waals surface area contributed by atoms with Gasteiger partial charge in [-0.3, -0.25) is 4.79 Å². The van der Waals surface area contributed by atoms with Crippen LogP contribution in [0.4, 0.5) is 0 Å². The third-order valence-corrected chi connectivity index (χ3v) is 4.40. The third-order valence-electron chi connectivity index (χ3n) is 4.40. The fourth-order valence-corrected chi connectivity index (χ4v) is 3.37. The van der Waals surface area contributed by atoms with Gasteiger partial charge in [0.05, 0.1) is 6.04 Å². The topological polar surface area (TPSA) is 58.4 Å². The number of allylic oxidation sites excluding steroid dienone is 2. The molecule has 3 N–H and O–H groups in total. The van der Waals surface area contributed by atoms with Crippen LogP contribution in [0.2, 0.25) is 0 Å². The van der Waals surface area contributed by atoms with E-state index in [-0.39, 0.29) is 18.0 Å². The fraction of sp³-hybridized carbons (Fsp3) is 0.769. The Morgan fingerprint density at radius 1 is 1.24 bits per heavy atom. The lowest BCUT2D eigenvalue weighted by Gasteiger charge is -2.20. The Morgan fingerprint density at radius 3 is 2.41 bits per heavy atom. The fourth-order valence-electron chi connectivity index (χ4n) is 3.37. The van der Waals surface area contributed by atoms with Gasteiger partial charge in [-0.05, 0) is 31.1 Å². The molecule has 0 aromatic rings. The average Bonchev–Trinajstić information content (AvgIpc) is 2.93. The highest BCUT2D eigenvalue weighted by Gasteiger charge is 2.38. The lowest BCUT2D eigenvalue weighted by molar-refractivity contribution is -0.132. The Bertz CT molecular complexity index is 326. The Kier molecular flexibility index (Phi) is 2.92. The number of hydrogen-bond acceptors (Lipinski definition) is 3. The van der Waals surface area contributed by atoms with Crippen molar-refractivity contribution >= 4 is 5.91 Å². The van der Waals surface area contributed by atoms with Gasteiger partial charge in [0.25, 0.3) is 0 Å². The first-order chi connectivity index (χ1) is 8.24. The number of fused-ring (bicyclic) bond motifs is 1. The summed E-state index contributed by atoms with van der Waals surface area (Å²) in [4.78, 5) is 14.4. The predicted octanol–water partition coefficient (Wildman–Crippen LogP) is 0.100. The van der Waals surface area contributed by atoms with Crippen molar-refractivity contribution in [3.05, 3.63) is 12.2 Å². The van der Waals surface area contributed by atoms with E-state index in [9.17, 15) is 4.79 Å². The summed E-state index contributed by atoms with van der Waals surface area (Å²) in [5.74, 6) is 1.66. The zero-order valence-corrected chi connectivity index (χ0v) is 10.1. The minimum absolute atomic E-state index is 0.0295. The van der Waals surface area contributed by atoms with E-state index in [0.717, 1.165) is 38.9 Å². The van der Waals surface area contributed by atoms with Crippen LogP contribution in [0.15, 0.2) is 12.2 Å².